The highest BCUT2D eigenvalue weighted by molar-refractivity contribution is 7.99. The quantitative estimate of drug-likeness (QED) is 0.718. The Bertz CT molecular complexity index is 757. The molecule has 9 heteroatoms. The van der Waals surface area contributed by atoms with Crippen LogP contribution in [0.1, 0.15) is 26.5 Å². The van der Waals surface area contributed by atoms with Gasteiger partial charge in [0.25, 0.3) is 0 Å². The van der Waals surface area contributed by atoms with Gasteiger partial charge < -0.3 is 14.8 Å². The average Bonchev–Trinajstić information content (AvgIpc) is 3.18. The molecule has 136 valence electrons. The van der Waals surface area contributed by atoms with Crippen LogP contribution in [0.4, 0.5) is 5.13 Å². The Hall–Kier alpha value is -0.970. The number of hydrogen-bond acceptors (Lipinski definition) is 8. The first-order chi connectivity index (χ1) is 11.8. The Labute approximate surface area is 159 Å². The molecule has 0 aliphatic carbocycles. The molecule has 2 N–H and O–H groups in total. The molecule has 1 atom stereocenters. The predicted octanol–water partition coefficient (Wildman–Crippen LogP) is 3.89. The summed E-state index contributed by atoms with van der Waals surface area (Å²) in [4.78, 5) is 17.8. The van der Waals surface area contributed by atoms with E-state index in [9.17, 15) is 4.79 Å². The molecular weight excluding hydrogens is 378 g/mol. The number of amides is 1. The van der Waals surface area contributed by atoms with Gasteiger partial charge in [-0.25, -0.2) is 4.98 Å². The number of rotatable bonds is 6. The Kier molecular flexibility index (Phi) is 5.81. The van der Waals surface area contributed by atoms with Crippen LogP contribution in [-0.4, -0.2) is 35.9 Å². The molecule has 1 saturated heterocycles. The van der Waals surface area contributed by atoms with Crippen LogP contribution in [0.5, 0.6) is 0 Å². The molecular formula is C16H21N3O3S3. The summed E-state index contributed by atoms with van der Waals surface area (Å²) in [5, 5.41) is 3.38. The molecule has 25 heavy (non-hydrogen) atoms. The first-order valence-corrected chi connectivity index (χ1v) is 10.3. The Balaban J connectivity index is 1.56. The third-order valence-corrected chi connectivity index (χ3v) is 6.72. The largest absolute Gasteiger partial charge is 0.348 e. The second-order valence-corrected chi connectivity index (χ2v) is 9.41. The summed E-state index contributed by atoms with van der Waals surface area (Å²) in [5.74, 6) is -0.587. The number of ether oxygens (including phenoxy) is 2. The molecule has 0 spiro atoms. The van der Waals surface area contributed by atoms with E-state index in [1.54, 1.807) is 23.3 Å². The molecule has 1 fully saturated rings. The summed E-state index contributed by atoms with van der Waals surface area (Å²) in [7, 11) is 0. The normalized spacial score (nSPS) is 19.3. The highest BCUT2D eigenvalue weighted by Gasteiger charge is 2.32. The molecule has 2 aromatic heterocycles. The number of nitrogens with zero attached hydrogens (tertiary/aromatic N) is 1. The Morgan fingerprint density at radius 2 is 2.24 bits per heavy atom. The number of anilines is 1. The van der Waals surface area contributed by atoms with E-state index in [0.29, 0.717) is 11.7 Å². The van der Waals surface area contributed by atoms with Gasteiger partial charge in [0.15, 0.2) is 10.9 Å². The van der Waals surface area contributed by atoms with Gasteiger partial charge in [-0.2, -0.15) is 0 Å². The van der Waals surface area contributed by atoms with E-state index in [2.05, 4.69) is 27.2 Å². The van der Waals surface area contributed by atoms with E-state index in [-0.39, 0.29) is 12.0 Å². The number of carbonyl (C=O) groups is 1. The fourth-order valence-corrected chi connectivity index (χ4v) is 5.47. The number of hydrogen-bond donors (Lipinski definition) is 2. The van der Waals surface area contributed by atoms with Crippen molar-refractivity contribution in [2.24, 2.45) is 0 Å². The maximum absolute atomic E-state index is 11.2. The van der Waals surface area contributed by atoms with Crippen LogP contribution in [-0.2, 0) is 14.3 Å². The summed E-state index contributed by atoms with van der Waals surface area (Å²) in [6.07, 6.45) is 0.0749. The molecule has 0 saturated carbocycles. The zero-order chi connectivity index (χ0) is 18.0. The minimum Gasteiger partial charge on any atom is -0.348 e. The minimum atomic E-state index is -0.484. The van der Waals surface area contributed by atoms with E-state index in [0.717, 1.165) is 22.0 Å². The molecule has 1 amide bonds. The minimum absolute atomic E-state index is 0.0749. The van der Waals surface area contributed by atoms with Gasteiger partial charge >= 0.3 is 0 Å². The van der Waals surface area contributed by atoms with Gasteiger partial charge in [0.1, 0.15) is 0 Å². The monoisotopic (exact) mass is 399 g/mol. The smallest absolute Gasteiger partial charge is 0.223 e. The van der Waals surface area contributed by atoms with Crippen molar-refractivity contribution in [3.63, 3.8) is 0 Å². The highest BCUT2D eigenvalue weighted by atomic mass is 32.2. The maximum atomic E-state index is 11.2. The molecule has 0 aromatic carbocycles. The van der Waals surface area contributed by atoms with Crippen molar-refractivity contribution in [3.8, 4) is 9.75 Å². The van der Waals surface area contributed by atoms with Crippen LogP contribution in [0, 0.1) is 6.92 Å². The lowest BCUT2D eigenvalue weighted by Crippen LogP contribution is -2.27. The van der Waals surface area contributed by atoms with Crippen molar-refractivity contribution >= 4 is 45.7 Å². The molecule has 1 aliphatic rings. The second-order valence-electron chi connectivity index (χ2n) is 6.13. The molecule has 0 radical (unpaired) electrons. The lowest BCUT2D eigenvalue weighted by atomic mass is 10.3. The van der Waals surface area contributed by atoms with Gasteiger partial charge in [-0.05, 0) is 44.9 Å². The zero-order valence-electron chi connectivity index (χ0n) is 14.5. The third-order valence-electron chi connectivity index (χ3n) is 3.44. The molecule has 2 aromatic rings. The first-order valence-electron chi connectivity index (χ1n) is 7.89. The van der Waals surface area contributed by atoms with Crippen molar-refractivity contribution in [2.75, 3.05) is 18.5 Å². The predicted molar refractivity (Wildman–Crippen MR) is 103 cm³/mol. The lowest BCUT2D eigenvalue weighted by Gasteiger charge is -2.16. The first kappa shape index (κ1) is 18.8. The summed E-state index contributed by atoms with van der Waals surface area (Å²) >= 11 is 4.79. The van der Waals surface area contributed by atoms with E-state index in [1.165, 1.54) is 22.5 Å². The number of nitrogens with one attached hydrogen (secondary N) is 2. The highest BCUT2D eigenvalue weighted by Crippen LogP contribution is 2.39. The zero-order valence-corrected chi connectivity index (χ0v) is 17.0. The summed E-state index contributed by atoms with van der Waals surface area (Å²) in [6, 6.07) is 4.18. The number of aromatic nitrogens is 1. The number of carbonyl (C=O) groups excluding carboxylic acids is 1. The standard InChI is InChI=1S/C16H21N3O3S3/c1-9-14(24-15(18-9)19-10(2)20)12-5-6-13(23-12)25-17-7-11-8-21-16(3,4)22-11/h5-6,11,17H,7-8H2,1-4H3,(H,18,19,20). The van der Waals surface area contributed by atoms with E-state index < -0.39 is 5.79 Å². The van der Waals surface area contributed by atoms with Crippen LogP contribution in [0.2, 0.25) is 0 Å². The fraction of sp³-hybridized carbons (Fsp3) is 0.500. The Morgan fingerprint density at radius 1 is 1.44 bits per heavy atom. The summed E-state index contributed by atoms with van der Waals surface area (Å²) < 4.78 is 15.8. The van der Waals surface area contributed by atoms with Crippen molar-refractivity contribution in [3.05, 3.63) is 17.8 Å². The molecule has 3 rings (SSSR count). The van der Waals surface area contributed by atoms with Gasteiger partial charge in [0.2, 0.25) is 5.91 Å². The second kappa shape index (κ2) is 7.73. The SMILES string of the molecule is CC(=O)Nc1nc(C)c(-c2ccc(SNCC3COC(C)(C)O3)s2)s1. The van der Waals surface area contributed by atoms with Gasteiger partial charge in [0.05, 0.1) is 27.5 Å². The number of thiophene rings is 1. The van der Waals surface area contributed by atoms with Gasteiger partial charge in [0, 0.05) is 18.3 Å². The van der Waals surface area contributed by atoms with E-state index in [4.69, 9.17) is 9.47 Å². The molecule has 3 heterocycles. The van der Waals surface area contributed by atoms with Crippen molar-refractivity contribution < 1.29 is 14.3 Å². The molecule has 6 nitrogen and oxygen atoms in total. The Morgan fingerprint density at radius 3 is 2.92 bits per heavy atom. The van der Waals surface area contributed by atoms with Gasteiger partial charge in [-0.3, -0.25) is 9.52 Å². The molecule has 1 aliphatic heterocycles. The maximum Gasteiger partial charge on any atom is 0.223 e. The lowest BCUT2D eigenvalue weighted by molar-refractivity contribution is -0.137. The van der Waals surface area contributed by atoms with E-state index in [1.807, 2.05) is 20.8 Å². The topological polar surface area (TPSA) is 72.5 Å². The molecule has 0 bridgehead atoms. The van der Waals surface area contributed by atoms with Crippen LogP contribution < -0.4 is 10.0 Å². The van der Waals surface area contributed by atoms with Crippen molar-refractivity contribution in [1.82, 2.24) is 9.71 Å². The van der Waals surface area contributed by atoms with Gasteiger partial charge in [-0.1, -0.05) is 11.3 Å². The van der Waals surface area contributed by atoms with Crippen LogP contribution >= 0.6 is 34.6 Å². The van der Waals surface area contributed by atoms with Crippen LogP contribution in [0.3, 0.4) is 0 Å². The van der Waals surface area contributed by atoms with Crippen molar-refractivity contribution in [2.45, 2.75) is 43.8 Å². The third kappa shape index (κ3) is 5.02. The fourth-order valence-electron chi connectivity index (χ4n) is 2.40. The summed E-state index contributed by atoms with van der Waals surface area (Å²) in [6.45, 7) is 8.65. The number of aryl methyl sites for hydroxylation is 1. The summed E-state index contributed by atoms with van der Waals surface area (Å²) in [5.41, 5.74) is 0.929. The van der Waals surface area contributed by atoms with Crippen LogP contribution in [0.15, 0.2) is 16.3 Å². The molecule has 1 unspecified atom stereocenters. The van der Waals surface area contributed by atoms with Gasteiger partial charge in [-0.15, -0.1) is 11.3 Å². The number of thiazole rings is 1. The van der Waals surface area contributed by atoms with E-state index >= 15 is 0 Å². The van der Waals surface area contributed by atoms with Crippen molar-refractivity contribution in [1.29, 1.82) is 0 Å². The average molecular weight is 400 g/mol. The van der Waals surface area contributed by atoms with Crippen LogP contribution in [0.25, 0.3) is 9.75 Å².